The van der Waals surface area contributed by atoms with Crippen LogP contribution in [0.25, 0.3) is 22.3 Å². The highest BCUT2D eigenvalue weighted by Gasteiger charge is 2.18. The Bertz CT molecular complexity index is 1170. The summed E-state index contributed by atoms with van der Waals surface area (Å²) in [4.78, 5) is 17.5. The van der Waals surface area contributed by atoms with Crippen molar-refractivity contribution in [1.82, 2.24) is 15.0 Å². The molecule has 0 saturated heterocycles. The molecule has 0 bridgehead atoms. The maximum absolute atomic E-state index is 5.64. The van der Waals surface area contributed by atoms with Gasteiger partial charge in [-0.3, -0.25) is 4.98 Å². The molecule has 5 nitrogen and oxygen atoms in total. The fourth-order valence-corrected chi connectivity index (χ4v) is 4.03. The second-order valence-corrected chi connectivity index (χ2v) is 7.68. The molecule has 0 N–H and O–H groups in total. The van der Waals surface area contributed by atoms with Crippen molar-refractivity contribution in [1.29, 1.82) is 0 Å². The van der Waals surface area contributed by atoms with Crippen molar-refractivity contribution >= 4 is 28.1 Å². The molecule has 6 heteroatoms. The van der Waals surface area contributed by atoms with E-state index in [9.17, 15) is 0 Å². The van der Waals surface area contributed by atoms with Crippen LogP contribution >= 0.6 is 11.3 Å². The first-order valence-electron chi connectivity index (χ1n) is 9.34. The first kappa shape index (κ1) is 17.6. The lowest BCUT2D eigenvalue weighted by atomic mass is 10.2. The van der Waals surface area contributed by atoms with Gasteiger partial charge in [-0.2, -0.15) is 0 Å². The Morgan fingerprint density at radius 1 is 0.897 bits per heavy atom. The molecule has 5 rings (SSSR count). The average Bonchev–Trinajstić information content (AvgIpc) is 3.47. The van der Waals surface area contributed by atoms with Crippen molar-refractivity contribution in [2.24, 2.45) is 0 Å². The van der Waals surface area contributed by atoms with Crippen molar-refractivity contribution in [3.05, 3.63) is 95.3 Å². The fourth-order valence-electron chi connectivity index (χ4n) is 3.31. The molecule has 4 heterocycles. The quantitative estimate of drug-likeness (QED) is 0.375. The van der Waals surface area contributed by atoms with Crippen LogP contribution in [0.4, 0.5) is 5.82 Å². The van der Waals surface area contributed by atoms with Crippen molar-refractivity contribution < 1.29 is 4.42 Å². The van der Waals surface area contributed by atoms with E-state index in [2.05, 4.69) is 33.5 Å². The minimum absolute atomic E-state index is 0.623. The Kier molecular flexibility index (Phi) is 4.76. The van der Waals surface area contributed by atoms with Crippen LogP contribution in [0.15, 0.2) is 89.1 Å². The molecule has 4 aromatic heterocycles. The maximum atomic E-state index is 5.64. The highest BCUT2D eigenvalue weighted by Crippen LogP contribution is 2.30. The summed E-state index contributed by atoms with van der Waals surface area (Å²) in [5.74, 6) is 2.45. The fraction of sp³-hybridized carbons (Fsp3) is 0.0870. The predicted molar refractivity (Wildman–Crippen MR) is 116 cm³/mol. The third-order valence-corrected chi connectivity index (χ3v) is 5.52. The van der Waals surface area contributed by atoms with Crippen molar-refractivity contribution in [2.75, 3.05) is 4.90 Å². The van der Waals surface area contributed by atoms with E-state index in [0.717, 1.165) is 34.6 Å². The first-order chi connectivity index (χ1) is 14.4. The topological polar surface area (TPSA) is 55.1 Å². The van der Waals surface area contributed by atoms with Crippen molar-refractivity contribution in [3.8, 4) is 11.4 Å². The summed E-state index contributed by atoms with van der Waals surface area (Å²) in [6.07, 6.45) is 5.26. The Balaban J connectivity index is 1.66. The van der Waals surface area contributed by atoms with Crippen LogP contribution in [0.3, 0.4) is 0 Å². The zero-order valence-electron chi connectivity index (χ0n) is 15.6. The van der Waals surface area contributed by atoms with E-state index in [1.807, 2.05) is 42.5 Å². The summed E-state index contributed by atoms with van der Waals surface area (Å²) in [5.41, 5.74) is 1.81. The van der Waals surface area contributed by atoms with Crippen LogP contribution in [0.1, 0.15) is 10.6 Å². The summed E-state index contributed by atoms with van der Waals surface area (Å²) in [6, 6.07) is 20.1. The number of fused-ring (bicyclic) bond motifs is 1. The number of anilines is 1. The van der Waals surface area contributed by atoms with E-state index >= 15 is 0 Å². The lowest BCUT2D eigenvalue weighted by molar-refractivity contribution is 0.501. The number of rotatable bonds is 6. The number of nitrogens with zero attached hydrogens (tertiary/aromatic N) is 4. The van der Waals surface area contributed by atoms with Gasteiger partial charge < -0.3 is 9.32 Å². The van der Waals surface area contributed by atoms with Crippen molar-refractivity contribution in [3.63, 3.8) is 0 Å². The zero-order chi connectivity index (χ0) is 19.5. The maximum Gasteiger partial charge on any atom is 0.163 e. The Labute approximate surface area is 172 Å². The molecule has 0 aliphatic carbocycles. The van der Waals surface area contributed by atoms with Crippen molar-refractivity contribution in [2.45, 2.75) is 13.1 Å². The number of hydrogen-bond acceptors (Lipinski definition) is 6. The number of pyridine rings is 1. The molecule has 0 radical (unpaired) electrons. The molecule has 0 amide bonds. The summed E-state index contributed by atoms with van der Waals surface area (Å²) < 4.78 is 5.64. The third kappa shape index (κ3) is 3.75. The Morgan fingerprint density at radius 3 is 2.66 bits per heavy atom. The van der Waals surface area contributed by atoms with E-state index < -0.39 is 0 Å². The minimum atomic E-state index is 0.623. The average molecular weight is 398 g/mol. The van der Waals surface area contributed by atoms with Gasteiger partial charge in [-0.15, -0.1) is 11.3 Å². The van der Waals surface area contributed by atoms with Gasteiger partial charge in [0.15, 0.2) is 5.82 Å². The Hall–Kier alpha value is -3.51. The predicted octanol–water partition coefficient (Wildman–Crippen LogP) is 5.55. The van der Waals surface area contributed by atoms with Crippen LogP contribution in [-0.4, -0.2) is 15.0 Å². The molecule has 0 unspecified atom stereocenters. The standard InChI is InChI=1S/C23H18N4OS/c1-2-10-21-20(9-1)23(26-22(25-21)17-6-3-11-24-14-17)27(15-18-7-4-12-28-18)16-19-8-5-13-29-19/h1-14H,15-16H2. The summed E-state index contributed by atoms with van der Waals surface area (Å²) in [5, 5.41) is 3.11. The lowest BCUT2D eigenvalue weighted by Crippen LogP contribution is -2.23. The van der Waals surface area contributed by atoms with E-state index in [-0.39, 0.29) is 0 Å². The van der Waals surface area contributed by atoms with E-state index in [0.29, 0.717) is 12.4 Å². The smallest absolute Gasteiger partial charge is 0.163 e. The SMILES string of the molecule is c1cncc(-c2nc(N(Cc3ccco3)Cc3cccs3)c3ccccc3n2)c1. The van der Waals surface area contributed by atoms with Gasteiger partial charge in [0.1, 0.15) is 11.6 Å². The first-order valence-corrected chi connectivity index (χ1v) is 10.2. The van der Waals surface area contributed by atoms with Gasteiger partial charge >= 0.3 is 0 Å². The second-order valence-electron chi connectivity index (χ2n) is 6.64. The number of hydrogen-bond donors (Lipinski definition) is 0. The number of thiophene rings is 1. The highest BCUT2D eigenvalue weighted by atomic mass is 32.1. The van der Waals surface area contributed by atoms with E-state index in [4.69, 9.17) is 14.4 Å². The number of benzene rings is 1. The molecule has 0 aliphatic heterocycles. The van der Waals surface area contributed by atoms with Crippen LogP contribution in [0.2, 0.25) is 0 Å². The van der Waals surface area contributed by atoms with Gasteiger partial charge in [0.25, 0.3) is 0 Å². The third-order valence-electron chi connectivity index (χ3n) is 4.66. The monoisotopic (exact) mass is 398 g/mol. The van der Waals surface area contributed by atoms with E-state index in [1.54, 1.807) is 30.0 Å². The summed E-state index contributed by atoms with van der Waals surface area (Å²) in [7, 11) is 0. The van der Waals surface area contributed by atoms with Gasteiger partial charge in [-0.25, -0.2) is 9.97 Å². The number of aromatic nitrogens is 3. The second kappa shape index (κ2) is 7.85. The molecule has 1 aromatic carbocycles. The van der Waals surface area contributed by atoms with Gasteiger partial charge in [-0.1, -0.05) is 18.2 Å². The highest BCUT2D eigenvalue weighted by molar-refractivity contribution is 7.09. The van der Waals surface area contributed by atoms with Gasteiger partial charge in [-0.05, 0) is 47.8 Å². The molecule has 142 valence electrons. The molecule has 29 heavy (non-hydrogen) atoms. The van der Waals surface area contributed by atoms with Gasteiger partial charge in [0, 0.05) is 28.2 Å². The molecule has 0 saturated carbocycles. The van der Waals surface area contributed by atoms with Crippen LogP contribution in [0.5, 0.6) is 0 Å². The minimum Gasteiger partial charge on any atom is -0.467 e. The van der Waals surface area contributed by atoms with Crippen LogP contribution in [-0.2, 0) is 13.1 Å². The molecule has 0 fully saturated rings. The number of para-hydroxylation sites is 1. The lowest BCUT2D eigenvalue weighted by Gasteiger charge is -2.24. The van der Waals surface area contributed by atoms with E-state index in [1.165, 1.54) is 4.88 Å². The Morgan fingerprint density at radius 2 is 1.86 bits per heavy atom. The normalized spacial score (nSPS) is 11.0. The molecular formula is C23H18N4OS. The van der Waals surface area contributed by atoms with Crippen LogP contribution in [0, 0.1) is 0 Å². The largest absolute Gasteiger partial charge is 0.467 e. The summed E-state index contributed by atoms with van der Waals surface area (Å²) in [6.45, 7) is 1.37. The molecule has 5 aromatic rings. The van der Waals surface area contributed by atoms with Gasteiger partial charge in [0.2, 0.25) is 0 Å². The molecular weight excluding hydrogens is 380 g/mol. The number of furan rings is 1. The van der Waals surface area contributed by atoms with Crippen LogP contribution < -0.4 is 4.90 Å². The molecule has 0 aliphatic rings. The van der Waals surface area contributed by atoms with Gasteiger partial charge in [0.05, 0.1) is 24.9 Å². The molecule has 0 atom stereocenters. The molecule has 0 spiro atoms. The summed E-state index contributed by atoms with van der Waals surface area (Å²) >= 11 is 1.74. The zero-order valence-corrected chi connectivity index (χ0v) is 16.4.